The van der Waals surface area contributed by atoms with Gasteiger partial charge in [0.25, 0.3) is 0 Å². The number of para-hydroxylation sites is 1. The molecule has 0 fully saturated rings. The van der Waals surface area contributed by atoms with Gasteiger partial charge in [0.2, 0.25) is 0 Å². The van der Waals surface area contributed by atoms with Crippen LogP contribution < -0.4 is 5.32 Å². The van der Waals surface area contributed by atoms with E-state index in [4.69, 9.17) is 0 Å². The molecule has 0 bridgehead atoms. The lowest BCUT2D eigenvalue weighted by atomic mass is 9.98. The van der Waals surface area contributed by atoms with Gasteiger partial charge in [-0.15, -0.1) is 0 Å². The van der Waals surface area contributed by atoms with E-state index in [1.807, 2.05) is 0 Å². The van der Waals surface area contributed by atoms with Gasteiger partial charge in [0, 0.05) is 5.69 Å². The second-order valence-electron chi connectivity index (χ2n) is 5.17. The molecule has 0 aliphatic rings. The topological polar surface area (TPSA) is 66.5 Å². The normalized spacial score (nSPS) is 11.2. The van der Waals surface area contributed by atoms with Crippen LogP contribution in [0.25, 0.3) is 11.0 Å². The molecule has 0 radical (unpaired) electrons. The third-order valence-corrected chi connectivity index (χ3v) is 3.42. The minimum atomic E-state index is 0.444. The minimum absolute atomic E-state index is 0.444. The third-order valence-electron chi connectivity index (χ3n) is 3.42. The van der Waals surface area contributed by atoms with Gasteiger partial charge in [0.1, 0.15) is 12.1 Å². The van der Waals surface area contributed by atoms with E-state index in [1.165, 1.54) is 17.5 Å². The molecule has 3 aromatic rings. The van der Waals surface area contributed by atoms with Gasteiger partial charge in [0.05, 0.1) is 11.6 Å². The maximum Gasteiger partial charge on any atom is 0.160 e. The van der Waals surface area contributed by atoms with Crippen LogP contribution in [0.4, 0.5) is 11.5 Å². The lowest BCUT2D eigenvalue weighted by Crippen LogP contribution is -2.02. The van der Waals surface area contributed by atoms with E-state index in [-0.39, 0.29) is 0 Å². The molecule has 0 atom stereocenters. The molecule has 0 saturated heterocycles. The number of benzene rings is 1. The van der Waals surface area contributed by atoms with Crippen LogP contribution in [-0.4, -0.2) is 20.2 Å². The minimum Gasteiger partial charge on any atom is -0.339 e. The molecule has 5 nitrogen and oxygen atoms in total. The molecule has 5 heteroatoms. The number of nitrogens with zero attached hydrogens (tertiary/aromatic N) is 3. The van der Waals surface area contributed by atoms with Crippen molar-refractivity contribution >= 4 is 22.5 Å². The summed E-state index contributed by atoms with van der Waals surface area (Å²) in [6, 6.07) is 6.33. The molecule has 102 valence electrons. The number of rotatable bonds is 3. The molecule has 0 amide bonds. The molecule has 2 aromatic heterocycles. The molecule has 0 unspecified atom stereocenters. The zero-order chi connectivity index (χ0) is 14.1. The lowest BCUT2D eigenvalue weighted by molar-refractivity contribution is 0.867. The monoisotopic (exact) mass is 267 g/mol. The van der Waals surface area contributed by atoms with E-state index in [0.29, 0.717) is 5.92 Å². The van der Waals surface area contributed by atoms with Gasteiger partial charge in [-0.2, -0.15) is 5.10 Å². The van der Waals surface area contributed by atoms with Crippen LogP contribution in [-0.2, 0) is 0 Å². The predicted octanol–water partition coefficient (Wildman–Crippen LogP) is 3.53. The van der Waals surface area contributed by atoms with Crippen molar-refractivity contribution in [1.29, 1.82) is 0 Å². The fraction of sp³-hybridized carbons (Fsp3) is 0.267. The number of aromatic nitrogens is 4. The molecular weight excluding hydrogens is 250 g/mol. The van der Waals surface area contributed by atoms with E-state index < -0.39 is 0 Å². The zero-order valence-electron chi connectivity index (χ0n) is 11.8. The summed E-state index contributed by atoms with van der Waals surface area (Å²) in [4.78, 5) is 8.49. The van der Waals surface area contributed by atoms with Crippen molar-refractivity contribution in [1.82, 2.24) is 20.2 Å². The zero-order valence-corrected chi connectivity index (χ0v) is 11.8. The number of H-pyrrole nitrogens is 1. The van der Waals surface area contributed by atoms with E-state index in [0.717, 1.165) is 22.5 Å². The molecule has 0 spiro atoms. The summed E-state index contributed by atoms with van der Waals surface area (Å²) in [6.45, 7) is 6.47. The molecule has 20 heavy (non-hydrogen) atoms. The van der Waals surface area contributed by atoms with Crippen LogP contribution >= 0.6 is 0 Å². The summed E-state index contributed by atoms with van der Waals surface area (Å²) >= 11 is 0. The molecule has 0 saturated carbocycles. The van der Waals surface area contributed by atoms with Crippen molar-refractivity contribution in [3.8, 4) is 0 Å². The highest BCUT2D eigenvalue weighted by atomic mass is 15.2. The number of aromatic amines is 1. The number of hydrogen-bond donors (Lipinski definition) is 2. The van der Waals surface area contributed by atoms with Crippen molar-refractivity contribution in [2.45, 2.75) is 26.7 Å². The van der Waals surface area contributed by atoms with Crippen LogP contribution in [0.1, 0.15) is 30.9 Å². The van der Waals surface area contributed by atoms with E-state index in [9.17, 15) is 0 Å². The largest absolute Gasteiger partial charge is 0.339 e. The van der Waals surface area contributed by atoms with Crippen LogP contribution in [0, 0.1) is 6.92 Å². The van der Waals surface area contributed by atoms with Gasteiger partial charge in [-0.05, 0) is 24.0 Å². The first-order valence-electron chi connectivity index (χ1n) is 6.67. The van der Waals surface area contributed by atoms with Crippen molar-refractivity contribution < 1.29 is 0 Å². The lowest BCUT2D eigenvalue weighted by Gasteiger charge is -2.17. The van der Waals surface area contributed by atoms with Crippen LogP contribution in [0.2, 0.25) is 0 Å². The Hall–Kier alpha value is -2.43. The maximum atomic E-state index is 4.33. The quantitative estimate of drug-likeness (QED) is 0.762. The molecule has 3 rings (SSSR count). The Morgan fingerprint density at radius 1 is 1.20 bits per heavy atom. The van der Waals surface area contributed by atoms with Gasteiger partial charge in [-0.3, -0.25) is 5.10 Å². The second-order valence-corrected chi connectivity index (χ2v) is 5.17. The molecular formula is C15H17N5. The summed E-state index contributed by atoms with van der Waals surface area (Å²) in [5.41, 5.74) is 4.33. The molecule has 2 heterocycles. The second kappa shape index (κ2) is 4.92. The van der Waals surface area contributed by atoms with Crippen LogP contribution in [0.15, 0.2) is 30.7 Å². The Balaban J connectivity index is 2.09. The summed E-state index contributed by atoms with van der Waals surface area (Å²) < 4.78 is 0. The highest BCUT2D eigenvalue weighted by Gasteiger charge is 2.12. The van der Waals surface area contributed by atoms with E-state index in [2.05, 4.69) is 64.5 Å². The van der Waals surface area contributed by atoms with Crippen LogP contribution in [0.5, 0.6) is 0 Å². The van der Waals surface area contributed by atoms with Gasteiger partial charge in [-0.1, -0.05) is 32.0 Å². The fourth-order valence-corrected chi connectivity index (χ4v) is 2.33. The van der Waals surface area contributed by atoms with Crippen LogP contribution in [0.3, 0.4) is 0 Å². The number of aryl methyl sites for hydroxylation is 1. The number of fused-ring (bicyclic) bond motifs is 1. The third kappa shape index (κ3) is 2.11. The van der Waals surface area contributed by atoms with Crippen molar-refractivity contribution in [3.05, 3.63) is 41.9 Å². The number of hydrogen-bond acceptors (Lipinski definition) is 4. The summed E-state index contributed by atoms with van der Waals surface area (Å²) in [5, 5.41) is 11.2. The maximum absolute atomic E-state index is 4.33. The molecule has 2 N–H and O–H groups in total. The van der Waals surface area contributed by atoms with Gasteiger partial charge in [0.15, 0.2) is 5.65 Å². The Bertz CT molecular complexity index is 745. The Labute approximate surface area is 117 Å². The molecule has 0 aliphatic carbocycles. The van der Waals surface area contributed by atoms with E-state index in [1.54, 1.807) is 6.20 Å². The summed E-state index contributed by atoms with van der Waals surface area (Å²) in [7, 11) is 0. The Kier molecular flexibility index (Phi) is 3.10. The first-order chi connectivity index (χ1) is 9.66. The van der Waals surface area contributed by atoms with Crippen molar-refractivity contribution in [3.63, 3.8) is 0 Å². The van der Waals surface area contributed by atoms with Gasteiger partial charge in [-0.25, -0.2) is 9.97 Å². The average molecular weight is 267 g/mol. The molecule has 1 aromatic carbocycles. The smallest absolute Gasteiger partial charge is 0.160 e. The van der Waals surface area contributed by atoms with Gasteiger partial charge >= 0.3 is 0 Å². The number of anilines is 2. The Morgan fingerprint density at radius 3 is 2.85 bits per heavy atom. The number of nitrogens with one attached hydrogen (secondary N) is 2. The standard InChI is InChI=1S/C15H17N5/c1-9(2)11-6-4-5-10(3)13(11)19-14-12-7-18-20-15(12)17-8-16-14/h4-9H,1-3H3,(H2,16,17,18,19,20). The van der Waals surface area contributed by atoms with Gasteiger partial charge < -0.3 is 5.32 Å². The van der Waals surface area contributed by atoms with E-state index >= 15 is 0 Å². The summed E-state index contributed by atoms with van der Waals surface area (Å²) in [6.07, 6.45) is 3.28. The first-order valence-corrected chi connectivity index (χ1v) is 6.67. The highest BCUT2D eigenvalue weighted by molar-refractivity contribution is 5.88. The predicted molar refractivity (Wildman–Crippen MR) is 80.2 cm³/mol. The Morgan fingerprint density at radius 2 is 2.05 bits per heavy atom. The average Bonchev–Trinajstić information content (AvgIpc) is 2.90. The van der Waals surface area contributed by atoms with Crippen molar-refractivity contribution in [2.24, 2.45) is 0 Å². The first kappa shape index (κ1) is 12.6. The molecule has 0 aliphatic heterocycles. The SMILES string of the molecule is Cc1cccc(C(C)C)c1Nc1ncnc2[nH]ncc12. The summed E-state index contributed by atoms with van der Waals surface area (Å²) in [5.74, 6) is 1.22. The van der Waals surface area contributed by atoms with Crippen molar-refractivity contribution in [2.75, 3.05) is 5.32 Å². The highest BCUT2D eigenvalue weighted by Crippen LogP contribution is 2.31. The fourth-order valence-electron chi connectivity index (χ4n) is 2.33.